The zero-order valence-electron chi connectivity index (χ0n) is 34.9. The van der Waals surface area contributed by atoms with Gasteiger partial charge in [-0.1, -0.05) is 119 Å². The number of aryl methyl sites for hydroxylation is 2. The topological polar surface area (TPSA) is 0 Å². The Kier molecular flexibility index (Phi) is 21.1. The zero-order valence-corrected chi connectivity index (χ0v) is 40.5. The van der Waals surface area contributed by atoms with Crippen molar-refractivity contribution in [2.75, 3.05) is 0 Å². The van der Waals surface area contributed by atoms with Crippen LogP contribution in [0.1, 0.15) is 81.3 Å². The Bertz CT molecular complexity index is 2050. The molecule has 2 aliphatic carbocycles. The SMILES string of the molecule is Cc1[c-]c2c(cc1C(C)(C)C)-c1cc(C(C)(C)C)c(C)cc1C2.Cl.Cl.Clc1ccc(-c2cc[c-]cc2)cc1.Clc1ccc(-c2cc[c-]cc2)cc1.[C-]1=CC=CC1.[CH2]=[Zr]. The van der Waals surface area contributed by atoms with Crippen LogP contribution in [0.25, 0.3) is 33.4 Å². The van der Waals surface area contributed by atoms with Gasteiger partial charge in [0.05, 0.1) is 0 Å². The minimum absolute atomic E-state index is 0. The van der Waals surface area contributed by atoms with Gasteiger partial charge in [0.25, 0.3) is 0 Å². The summed E-state index contributed by atoms with van der Waals surface area (Å²) in [6.45, 7) is 18.2. The van der Waals surface area contributed by atoms with Gasteiger partial charge in [-0.05, 0) is 70.8 Å². The van der Waals surface area contributed by atoms with Crippen molar-refractivity contribution in [2.24, 2.45) is 0 Å². The summed E-state index contributed by atoms with van der Waals surface area (Å²) >= 11 is 12.9. The van der Waals surface area contributed by atoms with Crippen molar-refractivity contribution in [1.29, 1.82) is 0 Å². The summed E-state index contributed by atoms with van der Waals surface area (Å²) < 4.78 is 3.34. The molecule has 8 rings (SSSR count). The average Bonchev–Trinajstić information content (AvgIpc) is 3.88. The van der Waals surface area contributed by atoms with E-state index in [4.69, 9.17) is 23.2 Å². The summed E-state index contributed by atoms with van der Waals surface area (Å²) in [5, 5.41) is 1.54. The minimum atomic E-state index is 0. The second kappa shape index (κ2) is 24.1. The summed E-state index contributed by atoms with van der Waals surface area (Å²) in [5.41, 5.74) is 16.3. The van der Waals surface area contributed by atoms with E-state index in [1.807, 2.05) is 109 Å². The van der Waals surface area contributed by atoms with Gasteiger partial charge >= 0.3 is 28.4 Å². The molecule has 2 aliphatic rings. The van der Waals surface area contributed by atoms with Crippen molar-refractivity contribution in [3.05, 3.63) is 201 Å². The van der Waals surface area contributed by atoms with E-state index in [0.29, 0.717) is 0 Å². The van der Waals surface area contributed by atoms with Crippen molar-refractivity contribution in [2.45, 2.75) is 79.1 Å². The Morgan fingerprint density at radius 3 is 1.40 bits per heavy atom. The monoisotopic (exact) mass is 920 g/mol. The zero-order chi connectivity index (χ0) is 40.9. The molecule has 5 heteroatoms. The van der Waals surface area contributed by atoms with Crippen LogP contribution < -0.4 is 0 Å². The third-order valence-electron chi connectivity index (χ3n) is 9.46. The fourth-order valence-corrected chi connectivity index (χ4v) is 7.06. The molecule has 0 radical (unpaired) electrons. The summed E-state index contributed by atoms with van der Waals surface area (Å²) in [6, 6.07) is 48.3. The van der Waals surface area contributed by atoms with Crippen molar-refractivity contribution in [3.8, 4) is 33.4 Å². The van der Waals surface area contributed by atoms with Gasteiger partial charge in [-0.2, -0.15) is 84.4 Å². The van der Waals surface area contributed by atoms with Gasteiger partial charge in [0, 0.05) is 10.0 Å². The summed E-state index contributed by atoms with van der Waals surface area (Å²) in [6.07, 6.45) is 11.0. The van der Waals surface area contributed by atoms with Gasteiger partial charge in [-0.3, -0.25) is 6.08 Å². The molecular weight excluding hydrogens is 870 g/mol. The molecule has 0 nitrogen and oxygen atoms in total. The van der Waals surface area contributed by atoms with E-state index in [-0.39, 0.29) is 35.6 Å². The van der Waals surface area contributed by atoms with Crippen molar-refractivity contribution >= 4 is 52.2 Å². The Balaban J connectivity index is 0.000000285. The summed E-state index contributed by atoms with van der Waals surface area (Å²) in [5.74, 6) is 0. The van der Waals surface area contributed by atoms with E-state index in [2.05, 4.69) is 108 Å². The van der Waals surface area contributed by atoms with Crippen LogP contribution in [0.3, 0.4) is 0 Å². The molecule has 0 heterocycles. The molecule has 6 aromatic rings. The van der Waals surface area contributed by atoms with Crippen LogP contribution in [0.4, 0.5) is 0 Å². The quantitative estimate of drug-likeness (QED) is 0.152. The van der Waals surface area contributed by atoms with Gasteiger partial charge in [0.15, 0.2) is 0 Å². The molecule has 0 spiro atoms. The summed E-state index contributed by atoms with van der Waals surface area (Å²) in [4.78, 5) is 0. The molecule has 0 aromatic heterocycles. The number of fused-ring (bicyclic) bond motifs is 3. The fraction of sp³-hybridized carbons (Fsp3) is 0.226. The van der Waals surface area contributed by atoms with Crippen molar-refractivity contribution in [3.63, 3.8) is 0 Å². The molecule has 0 saturated heterocycles. The second-order valence-electron chi connectivity index (χ2n) is 15.8. The predicted molar refractivity (Wildman–Crippen MR) is 255 cm³/mol. The molecule has 0 N–H and O–H groups in total. The molecule has 0 bridgehead atoms. The first-order chi connectivity index (χ1) is 26.7. The Morgan fingerprint density at radius 1 is 0.586 bits per heavy atom. The van der Waals surface area contributed by atoms with E-state index in [1.54, 1.807) is 0 Å². The number of allylic oxidation sites excluding steroid dienone is 4. The first kappa shape index (κ1) is 50.9. The third-order valence-corrected chi connectivity index (χ3v) is 9.96. The van der Waals surface area contributed by atoms with E-state index in [0.717, 1.165) is 22.9 Å². The van der Waals surface area contributed by atoms with Gasteiger partial charge in [-0.25, -0.2) is 12.2 Å². The van der Waals surface area contributed by atoms with Crippen LogP contribution >= 0.6 is 48.0 Å². The molecule has 0 atom stereocenters. The Labute approximate surface area is 387 Å². The van der Waals surface area contributed by atoms with Crippen LogP contribution in [0, 0.1) is 38.1 Å². The molecule has 6 aromatic carbocycles. The predicted octanol–water partition coefficient (Wildman–Crippen LogP) is 16.0. The Hall–Kier alpha value is -3.29. The van der Waals surface area contributed by atoms with Crippen LogP contribution in [0.5, 0.6) is 0 Å². The van der Waals surface area contributed by atoms with E-state index < -0.39 is 0 Å². The molecular formula is C53H54Cl4Zr-4. The number of hydrogen-bond donors (Lipinski definition) is 0. The van der Waals surface area contributed by atoms with E-state index >= 15 is 0 Å². The van der Waals surface area contributed by atoms with Gasteiger partial charge in [0.1, 0.15) is 0 Å². The van der Waals surface area contributed by atoms with Crippen LogP contribution in [-0.2, 0) is 41.5 Å². The average molecular weight is 924 g/mol. The van der Waals surface area contributed by atoms with Crippen molar-refractivity contribution < 1.29 is 24.2 Å². The maximum absolute atomic E-state index is 5.79. The first-order valence-electron chi connectivity index (χ1n) is 18.9. The van der Waals surface area contributed by atoms with Gasteiger partial charge in [-0.15, -0.1) is 59.1 Å². The van der Waals surface area contributed by atoms with Gasteiger partial charge in [0.2, 0.25) is 0 Å². The van der Waals surface area contributed by atoms with Crippen LogP contribution in [-0.4, -0.2) is 4.21 Å². The number of rotatable bonds is 2. The molecule has 58 heavy (non-hydrogen) atoms. The number of halogens is 4. The molecule has 0 fully saturated rings. The molecule has 0 aliphatic heterocycles. The normalized spacial score (nSPS) is 11.5. The standard InChI is InChI=1S/C23H29.2C12H8Cl.C5H5.CH2.2ClH.Zr/c1-14-9-16-11-17-10-15(2)21(23(6,7)8)13-19(17)18(16)12-20(14)22(3,4)5;2*13-12-8-6-11(7-9-12)10-4-2-1-3-5-10;1-2-4-5-3-1;;;;/h9,12-13H,11H2,1-8H3;2*2-9H;1-3H,4H2;1H2;2*1H;/q4*-1;;;;. The molecule has 302 valence electrons. The number of benzene rings is 6. The molecule has 0 amide bonds. The van der Waals surface area contributed by atoms with Gasteiger partial charge < -0.3 is 0 Å². The van der Waals surface area contributed by atoms with Crippen LogP contribution in [0.2, 0.25) is 10.0 Å². The van der Waals surface area contributed by atoms with Crippen LogP contribution in [0.15, 0.2) is 133 Å². The maximum atomic E-state index is 5.79. The van der Waals surface area contributed by atoms with E-state index in [1.165, 1.54) is 91.0 Å². The fourth-order valence-electron chi connectivity index (χ4n) is 6.81. The summed E-state index contributed by atoms with van der Waals surface area (Å²) in [7, 11) is 0. The Morgan fingerprint density at radius 2 is 1.02 bits per heavy atom. The number of hydrogen-bond acceptors (Lipinski definition) is 0. The second-order valence-corrected chi connectivity index (χ2v) is 16.7. The van der Waals surface area contributed by atoms with E-state index in [9.17, 15) is 0 Å². The van der Waals surface area contributed by atoms with Crippen molar-refractivity contribution in [1.82, 2.24) is 0 Å². The third kappa shape index (κ3) is 14.8. The molecule has 0 saturated carbocycles. The first-order valence-corrected chi connectivity index (χ1v) is 21.4. The molecule has 0 unspecified atom stereocenters.